The van der Waals surface area contributed by atoms with Crippen LogP contribution in [0.25, 0.3) is 0 Å². The first-order chi connectivity index (χ1) is 6.69. The molecule has 4 nitrogen and oxygen atoms in total. The number of amides is 1. The van der Waals surface area contributed by atoms with E-state index in [1.165, 1.54) is 0 Å². The topological polar surface area (TPSA) is 46.9 Å². The molecule has 0 radical (unpaired) electrons. The lowest BCUT2D eigenvalue weighted by Crippen LogP contribution is -2.27. The molecule has 0 unspecified atom stereocenters. The zero-order valence-corrected chi connectivity index (χ0v) is 10.5. The number of halogens is 1. The molecule has 0 aliphatic rings. The standard InChI is InChI=1S/C9H14IN3O/c1-3-13-8(6-7(2)12-13)9(14)11-5-4-10/h6H,3-5H2,1-2H3,(H,11,14). The van der Waals surface area contributed by atoms with Gasteiger partial charge in [-0.1, -0.05) is 22.6 Å². The highest BCUT2D eigenvalue weighted by atomic mass is 127. The molecule has 0 atom stereocenters. The van der Waals surface area contributed by atoms with Gasteiger partial charge in [0.05, 0.1) is 5.69 Å². The Kier molecular flexibility index (Phi) is 4.37. The molecule has 0 aliphatic heterocycles. The molecule has 14 heavy (non-hydrogen) atoms. The molecule has 78 valence electrons. The van der Waals surface area contributed by atoms with Crippen molar-refractivity contribution >= 4 is 28.5 Å². The SMILES string of the molecule is CCn1nc(C)cc1C(=O)NCCI. The first-order valence-electron chi connectivity index (χ1n) is 4.57. The number of aromatic nitrogens is 2. The maximum absolute atomic E-state index is 11.6. The minimum absolute atomic E-state index is 0.0379. The highest BCUT2D eigenvalue weighted by molar-refractivity contribution is 14.1. The van der Waals surface area contributed by atoms with Gasteiger partial charge in [-0.2, -0.15) is 5.10 Å². The molecule has 1 amide bonds. The fourth-order valence-electron chi connectivity index (χ4n) is 1.22. The zero-order valence-electron chi connectivity index (χ0n) is 8.38. The normalized spacial score (nSPS) is 10.2. The van der Waals surface area contributed by atoms with E-state index in [0.717, 1.165) is 16.7 Å². The van der Waals surface area contributed by atoms with E-state index >= 15 is 0 Å². The second-order valence-corrected chi connectivity index (χ2v) is 4.01. The minimum Gasteiger partial charge on any atom is -0.350 e. The number of nitrogens with zero attached hydrogens (tertiary/aromatic N) is 2. The number of nitrogens with one attached hydrogen (secondary N) is 1. The average Bonchev–Trinajstić information content (AvgIpc) is 2.56. The summed E-state index contributed by atoms with van der Waals surface area (Å²) in [7, 11) is 0. The van der Waals surface area contributed by atoms with Gasteiger partial charge in [-0.3, -0.25) is 9.48 Å². The van der Waals surface area contributed by atoms with E-state index < -0.39 is 0 Å². The van der Waals surface area contributed by atoms with Gasteiger partial charge in [0, 0.05) is 17.5 Å². The van der Waals surface area contributed by atoms with Gasteiger partial charge in [-0.15, -0.1) is 0 Å². The molecule has 1 aromatic rings. The van der Waals surface area contributed by atoms with Crippen LogP contribution in [0.5, 0.6) is 0 Å². The Bertz CT molecular complexity index is 322. The third-order valence-electron chi connectivity index (χ3n) is 1.81. The van der Waals surface area contributed by atoms with E-state index in [2.05, 4.69) is 33.0 Å². The summed E-state index contributed by atoms with van der Waals surface area (Å²) < 4.78 is 2.64. The van der Waals surface area contributed by atoms with Crippen LogP contribution >= 0.6 is 22.6 Å². The first-order valence-corrected chi connectivity index (χ1v) is 6.10. The van der Waals surface area contributed by atoms with E-state index in [9.17, 15) is 4.79 Å². The van der Waals surface area contributed by atoms with Gasteiger partial charge in [0.1, 0.15) is 5.69 Å². The van der Waals surface area contributed by atoms with Crippen LogP contribution in [0.15, 0.2) is 6.07 Å². The van der Waals surface area contributed by atoms with Crippen molar-refractivity contribution in [3.05, 3.63) is 17.5 Å². The Morgan fingerprint density at radius 2 is 2.43 bits per heavy atom. The van der Waals surface area contributed by atoms with Crippen LogP contribution in [0.2, 0.25) is 0 Å². The van der Waals surface area contributed by atoms with Crippen LogP contribution in [0.3, 0.4) is 0 Å². The van der Waals surface area contributed by atoms with E-state index in [1.807, 2.05) is 19.9 Å². The molecule has 0 saturated carbocycles. The van der Waals surface area contributed by atoms with Crippen molar-refractivity contribution in [3.63, 3.8) is 0 Å². The zero-order chi connectivity index (χ0) is 10.6. The quantitative estimate of drug-likeness (QED) is 0.675. The van der Waals surface area contributed by atoms with Crippen molar-refractivity contribution in [2.24, 2.45) is 0 Å². The second kappa shape index (κ2) is 5.33. The maximum atomic E-state index is 11.6. The lowest BCUT2D eigenvalue weighted by atomic mass is 10.3. The molecule has 0 aromatic carbocycles. The number of rotatable bonds is 4. The Morgan fingerprint density at radius 1 is 1.71 bits per heavy atom. The number of carbonyl (C=O) groups is 1. The molecule has 0 bridgehead atoms. The van der Waals surface area contributed by atoms with Gasteiger partial charge in [0.25, 0.3) is 5.91 Å². The highest BCUT2D eigenvalue weighted by Gasteiger charge is 2.11. The van der Waals surface area contributed by atoms with Crippen LogP contribution in [-0.2, 0) is 6.54 Å². The molecular weight excluding hydrogens is 293 g/mol. The van der Waals surface area contributed by atoms with Gasteiger partial charge in [-0.05, 0) is 19.9 Å². The summed E-state index contributed by atoms with van der Waals surface area (Å²) in [4.78, 5) is 11.6. The Balaban J connectivity index is 2.77. The summed E-state index contributed by atoms with van der Waals surface area (Å²) in [6, 6.07) is 1.81. The molecular formula is C9H14IN3O. The van der Waals surface area contributed by atoms with Crippen molar-refractivity contribution in [1.82, 2.24) is 15.1 Å². The van der Waals surface area contributed by atoms with Crippen LogP contribution in [-0.4, -0.2) is 26.7 Å². The largest absolute Gasteiger partial charge is 0.350 e. The number of aryl methyl sites for hydroxylation is 2. The molecule has 5 heteroatoms. The van der Waals surface area contributed by atoms with Crippen molar-refractivity contribution in [1.29, 1.82) is 0 Å². The lowest BCUT2D eigenvalue weighted by Gasteiger charge is -2.04. The van der Waals surface area contributed by atoms with Gasteiger partial charge < -0.3 is 5.32 Å². The Morgan fingerprint density at radius 3 is 3.00 bits per heavy atom. The maximum Gasteiger partial charge on any atom is 0.269 e. The Labute approximate surface area is 97.2 Å². The van der Waals surface area contributed by atoms with Gasteiger partial charge >= 0.3 is 0 Å². The summed E-state index contributed by atoms with van der Waals surface area (Å²) in [6.07, 6.45) is 0. The fourth-order valence-corrected chi connectivity index (χ4v) is 1.49. The molecule has 1 heterocycles. The molecule has 0 aliphatic carbocycles. The monoisotopic (exact) mass is 307 g/mol. The van der Waals surface area contributed by atoms with Crippen LogP contribution in [0, 0.1) is 6.92 Å². The molecule has 0 fully saturated rings. The van der Waals surface area contributed by atoms with Crippen molar-refractivity contribution in [2.45, 2.75) is 20.4 Å². The van der Waals surface area contributed by atoms with E-state index in [0.29, 0.717) is 12.2 Å². The molecule has 1 rings (SSSR count). The number of carbonyl (C=O) groups excluding carboxylic acids is 1. The molecule has 1 aromatic heterocycles. The van der Waals surface area contributed by atoms with Gasteiger partial charge in [0.15, 0.2) is 0 Å². The fraction of sp³-hybridized carbons (Fsp3) is 0.556. The van der Waals surface area contributed by atoms with Gasteiger partial charge in [-0.25, -0.2) is 0 Å². The summed E-state index contributed by atoms with van der Waals surface area (Å²) in [6.45, 7) is 5.29. The third-order valence-corrected chi connectivity index (χ3v) is 2.35. The Hall–Kier alpha value is -0.590. The second-order valence-electron chi connectivity index (χ2n) is 2.93. The summed E-state index contributed by atoms with van der Waals surface area (Å²) in [5.41, 5.74) is 1.53. The molecule has 0 spiro atoms. The average molecular weight is 307 g/mol. The number of alkyl halides is 1. The third kappa shape index (κ3) is 2.70. The molecule has 0 saturated heterocycles. The smallest absolute Gasteiger partial charge is 0.269 e. The number of hydrogen-bond acceptors (Lipinski definition) is 2. The predicted octanol–water partition coefficient (Wildman–Crippen LogP) is 1.38. The van der Waals surface area contributed by atoms with Crippen molar-refractivity contribution in [2.75, 3.05) is 11.0 Å². The summed E-state index contributed by atoms with van der Waals surface area (Å²) in [5, 5.41) is 7.04. The van der Waals surface area contributed by atoms with E-state index in [-0.39, 0.29) is 5.91 Å². The predicted molar refractivity (Wildman–Crippen MR) is 63.9 cm³/mol. The lowest BCUT2D eigenvalue weighted by molar-refractivity contribution is 0.0946. The first kappa shape index (κ1) is 11.5. The van der Waals surface area contributed by atoms with Crippen LogP contribution in [0.4, 0.5) is 0 Å². The minimum atomic E-state index is -0.0379. The number of hydrogen-bond donors (Lipinski definition) is 1. The summed E-state index contributed by atoms with van der Waals surface area (Å²) >= 11 is 2.23. The summed E-state index contributed by atoms with van der Waals surface area (Å²) in [5.74, 6) is -0.0379. The van der Waals surface area contributed by atoms with Crippen molar-refractivity contribution < 1.29 is 4.79 Å². The van der Waals surface area contributed by atoms with E-state index in [4.69, 9.17) is 0 Å². The van der Waals surface area contributed by atoms with Crippen LogP contribution in [0.1, 0.15) is 23.1 Å². The highest BCUT2D eigenvalue weighted by Crippen LogP contribution is 2.03. The van der Waals surface area contributed by atoms with Crippen LogP contribution < -0.4 is 5.32 Å². The van der Waals surface area contributed by atoms with E-state index in [1.54, 1.807) is 4.68 Å². The van der Waals surface area contributed by atoms with Crippen molar-refractivity contribution in [3.8, 4) is 0 Å². The van der Waals surface area contributed by atoms with Gasteiger partial charge in [0.2, 0.25) is 0 Å². The molecule has 1 N–H and O–H groups in total.